The van der Waals surface area contributed by atoms with E-state index in [2.05, 4.69) is 15.0 Å². The van der Waals surface area contributed by atoms with E-state index < -0.39 is 36.5 Å². The van der Waals surface area contributed by atoms with Crippen LogP contribution in [0.25, 0.3) is 11.2 Å². The first-order chi connectivity index (χ1) is 12.4. The highest BCUT2D eigenvalue weighted by Crippen LogP contribution is 2.35. The monoisotopic (exact) mass is 380 g/mol. The van der Waals surface area contributed by atoms with Crippen LogP contribution in [-0.2, 0) is 28.6 Å². The Balaban J connectivity index is 1.95. The second kappa shape index (κ2) is 7.30. The number of nitrogens with zero attached hydrogens (tertiary/aromatic N) is 3. The number of ether oxygens (including phenoxy) is 3. The van der Waals surface area contributed by atoms with Crippen LogP contribution in [0.15, 0.2) is 12.7 Å². The van der Waals surface area contributed by atoms with E-state index in [0.717, 1.165) is 0 Å². The van der Waals surface area contributed by atoms with Crippen LogP contribution in [0.4, 0.5) is 0 Å². The molecule has 2 aromatic heterocycles. The molecule has 10 nitrogen and oxygen atoms in total. The highest BCUT2D eigenvalue weighted by molar-refractivity contribution is 7.71. The van der Waals surface area contributed by atoms with Gasteiger partial charge in [0.1, 0.15) is 23.4 Å². The number of nitrogens with one attached hydrogen (secondary N) is 1. The maximum absolute atomic E-state index is 11.5. The number of carbonyl (C=O) groups excluding carboxylic acids is 3. The minimum atomic E-state index is -1.11. The van der Waals surface area contributed by atoms with Crippen LogP contribution in [0.2, 0.25) is 0 Å². The molecular weight excluding hydrogens is 364 g/mol. The number of hydrogen-bond donors (Lipinski definition) is 1. The molecule has 1 fully saturated rings. The van der Waals surface area contributed by atoms with Gasteiger partial charge in [0.05, 0.1) is 12.7 Å². The van der Waals surface area contributed by atoms with E-state index in [0.29, 0.717) is 22.1 Å². The summed E-state index contributed by atoms with van der Waals surface area (Å²) in [7, 11) is 0. The lowest BCUT2D eigenvalue weighted by Gasteiger charge is -2.20. The quantitative estimate of drug-likeness (QED) is 0.456. The van der Waals surface area contributed by atoms with E-state index in [9.17, 15) is 14.4 Å². The van der Waals surface area contributed by atoms with Crippen LogP contribution in [0, 0.1) is 4.64 Å². The van der Waals surface area contributed by atoms with Crippen molar-refractivity contribution in [2.75, 3.05) is 0 Å². The number of hydrogen-bond acceptors (Lipinski definition) is 9. The minimum Gasteiger partial charge on any atom is -0.458 e. The lowest BCUT2D eigenvalue weighted by Crippen LogP contribution is -2.32. The summed E-state index contributed by atoms with van der Waals surface area (Å²) >= 11 is 5.14. The summed E-state index contributed by atoms with van der Waals surface area (Å²) in [6.07, 6.45) is 0.198. The van der Waals surface area contributed by atoms with Crippen LogP contribution in [0.3, 0.4) is 0 Å². The van der Waals surface area contributed by atoms with Crippen LogP contribution >= 0.6 is 12.2 Å². The Morgan fingerprint density at radius 3 is 2.85 bits per heavy atom. The van der Waals surface area contributed by atoms with E-state index in [1.54, 1.807) is 4.57 Å². The highest BCUT2D eigenvalue weighted by atomic mass is 32.1. The second-order valence-electron chi connectivity index (χ2n) is 5.72. The number of rotatable bonds is 5. The molecule has 0 amide bonds. The third-order valence-electron chi connectivity index (χ3n) is 3.87. The topological polar surface area (TPSA) is 125 Å². The molecule has 0 radical (unpaired) electrons. The van der Waals surface area contributed by atoms with Gasteiger partial charge < -0.3 is 19.2 Å². The van der Waals surface area contributed by atoms with Gasteiger partial charge in [-0.1, -0.05) is 12.2 Å². The Bertz CT molecular complexity index is 909. The fourth-order valence-corrected chi connectivity index (χ4v) is 3.10. The zero-order chi connectivity index (χ0) is 18.8. The Kier molecular flexibility index (Phi) is 5.09. The van der Waals surface area contributed by atoms with Gasteiger partial charge in [-0.25, -0.2) is 9.97 Å². The van der Waals surface area contributed by atoms with Crippen LogP contribution in [0.5, 0.6) is 0 Å². The largest absolute Gasteiger partial charge is 0.458 e. The SMILES string of the molecule is CC(=O)O[C@@H](C=O)[C@H]1C[C@@H](OC(C)=O)[C@@H](n2cnc3c(=S)nc[nH]c32)O1. The Morgan fingerprint density at radius 1 is 1.42 bits per heavy atom. The second-order valence-corrected chi connectivity index (χ2v) is 6.10. The molecule has 4 atom stereocenters. The normalized spacial score (nSPS) is 23.5. The van der Waals surface area contributed by atoms with Gasteiger partial charge in [-0.15, -0.1) is 0 Å². The first-order valence-corrected chi connectivity index (χ1v) is 8.17. The van der Waals surface area contributed by atoms with E-state index in [1.165, 1.54) is 26.5 Å². The number of carbonyl (C=O) groups is 3. The number of aromatic amines is 1. The van der Waals surface area contributed by atoms with Crippen molar-refractivity contribution in [1.82, 2.24) is 19.5 Å². The molecule has 138 valence electrons. The Morgan fingerprint density at radius 2 is 2.19 bits per heavy atom. The van der Waals surface area contributed by atoms with E-state index in [4.69, 9.17) is 26.4 Å². The fraction of sp³-hybridized carbons (Fsp3) is 0.467. The molecule has 11 heteroatoms. The predicted octanol–water partition coefficient (Wildman–Crippen LogP) is 0.839. The molecule has 1 aliphatic rings. The van der Waals surface area contributed by atoms with Crippen molar-refractivity contribution >= 4 is 41.6 Å². The molecule has 26 heavy (non-hydrogen) atoms. The van der Waals surface area contributed by atoms with Crippen molar-refractivity contribution in [2.24, 2.45) is 0 Å². The highest BCUT2D eigenvalue weighted by Gasteiger charge is 2.44. The van der Waals surface area contributed by atoms with Crippen LogP contribution in [0.1, 0.15) is 26.5 Å². The van der Waals surface area contributed by atoms with Gasteiger partial charge in [-0.05, 0) is 0 Å². The number of fused-ring (bicyclic) bond motifs is 1. The third-order valence-corrected chi connectivity index (χ3v) is 4.17. The molecular formula is C15H16N4O6S. The minimum absolute atomic E-state index is 0.173. The Labute approximate surface area is 152 Å². The number of aldehydes is 1. The summed E-state index contributed by atoms with van der Waals surface area (Å²) in [5, 5.41) is 0. The maximum Gasteiger partial charge on any atom is 0.303 e. The molecule has 1 N–H and O–H groups in total. The molecule has 0 aromatic carbocycles. The summed E-state index contributed by atoms with van der Waals surface area (Å²) in [6, 6.07) is 0. The number of aromatic nitrogens is 4. The van der Waals surface area contributed by atoms with Gasteiger partial charge in [-0.2, -0.15) is 0 Å². The molecule has 1 aliphatic heterocycles. The predicted molar refractivity (Wildman–Crippen MR) is 88.4 cm³/mol. The summed E-state index contributed by atoms with van der Waals surface area (Å²) in [4.78, 5) is 45.0. The first kappa shape index (κ1) is 18.1. The van der Waals surface area contributed by atoms with Gasteiger partial charge in [0.2, 0.25) is 0 Å². The smallest absolute Gasteiger partial charge is 0.303 e. The van der Waals surface area contributed by atoms with Gasteiger partial charge in [-0.3, -0.25) is 19.0 Å². The molecule has 3 heterocycles. The van der Waals surface area contributed by atoms with Gasteiger partial charge >= 0.3 is 11.9 Å². The van der Waals surface area contributed by atoms with Crippen molar-refractivity contribution in [3.8, 4) is 0 Å². The van der Waals surface area contributed by atoms with Crippen molar-refractivity contribution in [3.05, 3.63) is 17.3 Å². The molecule has 0 bridgehead atoms. The van der Waals surface area contributed by atoms with Gasteiger partial charge in [0.15, 0.2) is 23.3 Å². The zero-order valence-electron chi connectivity index (χ0n) is 13.9. The molecule has 2 aromatic rings. The van der Waals surface area contributed by atoms with E-state index >= 15 is 0 Å². The van der Waals surface area contributed by atoms with Crippen LogP contribution in [-0.4, -0.2) is 56.1 Å². The van der Waals surface area contributed by atoms with Crippen molar-refractivity contribution in [1.29, 1.82) is 0 Å². The van der Waals surface area contributed by atoms with Gasteiger partial charge in [0, 0.05) is 20.3 Å². The molecule has 1 saturated heterocycles. The molecule has 3 rings (SSSR count). The standard InChI is InChI=1S/C15H16N4O6S/c1-7(21)23-10-3-9(11(4-20)24-8(2)22)25-15(10)19-6-18-12-13(19)16-5-17-14(12)26/h4-6,9-11,15H,3H2,1-2H3,(H,16,17,26)/t9-,10-,11+,15+/m1/s1. The summed E-state index contributed by atoms with van der Waals surface area (Å²) in [5.74, 6) is -1.11. The van der Waals surface area contributed by atoms with Gasteiger partial charge in [0.25, 0.3) is 0 Å². The average molecular weight is 380 g/mol. The summed E-state index contributed by atoms with van der Waals surface area (Å²) in [5.41, 5.74) is 0.992. The molecule has 0 unspecified atom stereocenters. The first-order valence-electron chi connectivity index (χ1n) is 7.76. The van der Waals surface area contributed by atoms with Crippen molar-refractivity contribution < 1.29 is 28.6 Å². The molecule has 0 aliphatic carbocycles. The number of H-pyrrole nitrogens is 1. The maximum atomic E-state index is 11.5. The van der Waals surface area contributed by atoms with E-state index in [-0.39, 0.29) is 6.42 Å². The van der Waals surface area contributed by atoms with Crippen LogP contribution < -0.4 is 0 Å². The summed E-state index contributed by atoms with van der Waals surface area (Å²) in [6.45, 7) is 2.47. The Hall–Kier alpha value is -2.66. The average Bonchev–Trinajstić information content (AvgIpc) is 3.16. The number of imidazole rings is 1. The fourth-order valence-electron chi connectivity index (χ4n) is 2.89. The van der Waals surface area contributed by atoms with Crippen molar-refractivity contribution in [2.45, 2.75) is 44.8 Å². The number of esters is 2. The lowest BCUT2D eigenvalue weighted by atomic mass is 10.1. The molecule has 0 saturated carbocycles. The third kappa shape index (κ3) is 3.48. The zero-order valence-corrected chi connectivity index (χ0v) is 14.8. The summed E-state index contributed by atoms with van der Waals surface area (Å²) < 4.78 is 18.1. The van der Waals surface area contributed by atoms with Crippen molar-refractivity contribution in [3.63, 3.8) is 0 Å². The lowest BCUT2D eigenvalue weighted by molar-refractivity contribution is -0.160. The molecule has 0 spiro atoms. The van der Waals surface area contributed by atoms with E-state index in [1.807, 2.05) is 0 Å².